The van der Waals surface area contributed by atoms with Crippen molar-refractivity contribution in [3.05, 3.63) is 105 Å². The number of hydrogen-bond acceptors (Lipinski definition) is 7. The first-order valence-electron chi connectivity index (χ1n) is 12.0. The Balaban J connectivity index is 1.37. The van der Waals surface area contributed by atoms with E-state index in [0.29, 0.717) is 31.3 Å². The smallest absolute Gasteiger partial charge is 0.231 e. The molecule has 0 unspecified atom stereocenters. The van der Waals surface area contributed by atoms with Crippen LogP contribution >= 0.6 is 22.6 Å². The fraction of sp³-hybridized carbons (Fsp3) is 0.310. The fourth-order valence-electron chi connectivity index (χ4n) is 4.30. The third-order valence-electron chi connectivity index (χ3n) is 6.24. The number of rotatable bonds is 10. The highest BCUT2D eigenvalue weighted by Gasteiger charge is 2.46. The summed E-state index contributed by atoms with van der Waals surface area (Å²) in [7, 11) is 1.58. The van der Waals surface area contributed by atoms with Crippen LogP contribution in [0.2, 0.25) is 0 Å². The van der Waals surface area contributed by atoms with Gasteiger partial charge >= 0.3 is 0 Å². The van der Waals surface area contributed by atoms with E-state index in [4.69, 9.17) is 33.2 Å². The quantitative estimate of drug-likeness (QED) is 0.275. The Bertz CT molecular complexity index is 1190. The average Bonchev–Trinajstić information content (AvgIpc) is 3.38. The van der Waals surface area contributed by atoms with Gasteiger partial charge in [-0.3, -0.25) is 0 Å². The summed E-state index contributed by atoms with van der Waals surface area (Å²) in [6, 6.07) is 23.8. The van der Waals surface area contributed by atoms with Gasteiger partial charge < -0.3 is 33.2 Å². The van der Waals surface area contributed by atoms with Crippen molar-refractivity contribution >= 4 is 22.6 Å². The highest BCUT2D eigenvalue weighted by atomic mass is 127. The molecule has 3 aromatic rings. The van der Waals surface area contributed by atoms with Crippen molar-refractivity contribution in [3.63, 3.8) is 0 Å². The van der Waals surface area contributed by atoms with Crippen molar-refractivity contribution in [2.45, 2.75) is 44.4 Å². The van der Waals surface area contributed by atoms with Crippen LogP contribution in [-0.2, 0) is 43.5 Å². The van der Waals surface area contributed by atoms with Crippen LogP contribution in [0, 0.1) is 3.57 Å². The molecule has 7 nitrogen and oxygen atoms in total. The molecule has 2 aliphatic rings. The van der Waals surface area contributed by atoms with Gasteiger partial charge in [0, 0.05) is 10.7 Å². The van der Waals surface area contributed by atoms with Crippen molar-refractivity contribution < 1.29 is 33.2 Å². The molecule has 194 valence electrons. The van der Waals surface area contributed by atoms with E-state index >= 15 is 0 Å². The standard InChI is InChI=1S/C29H29IO7/c1-19-26(34-17-22-13-24-25(14-23(22)30)36-18-35-24)27(32-15-20-9-5-3-6-10-20)28(29(31-2)37-19)33-16-21-11-7-4-8-12-21/h3-14,26-29H,1,15-18H2,2H3/t26-,27+,28-,29+/m1/s1. The average molecular weight is 616 g/mol. The summed E-state index contributed by atoms with van der Waals surface area (Å²) in [5.41, 5.74) is 3.05. The maximum absolute atomic E-state index is 6.46. The van der Waals surface area contributed by atoms with Gasteiger partial charge in [0.25, 0.3) is 0 Å². The SMILES string of the molecule is C=C1O[C@H](OC)[C@H](OCc2ccccc2)[C@@H](OCc2ccccc2)[C@@H]1OCc1cc2c(cc1I)OCO2. The molecule has 0 N–H and O–H groups in total. The van der Waals surface area contributed by atoms with Gasteiger partial charge in [-0.2, -0.15) is 0 Å². The Hall–Kier alpha value is -2.63. The second kappa shape index (κ2) is 12.3. The maximum Gasteiger partial charge on any atom is 0.231 e. The van der Waals surface area contributed by atoms with Crippen molar-refractivity contribution in [3.8, 4) is 11.5 Å². The van der Waals surface area contributed by atoms with E-state index in [1.54, 1.807) is 7.11 Å². The summed E-state index contributed by atoms with van der Waals surface area (Å²) in [4.78, 5) is 0. The number of ether oxygens (including phenoxy) is 7. The Morgan fingerprint density at radius 3 is 2.03 bits per heavy atom. The largest absolute Gasteiger partial charge is 0.464 e. The van der Waals surface area contributed by atoms with E-state index in [2.05, 4.69) is 29.2 Å². The predicted octanol–water partition coefficient (Wildman–Crippen LogP) is 5.59. The first-order valence-corrected chi connectivity index (χ1v) is 13.1. The lowest BCUT2D eigenvalue weighted by Crippen LogP contribution is -2.55. The van der Waals surface area contributed by atoms with Gasteiger partial charge in [-0.25, -0.2) is 0 Å². The van der Waals surface area contributed by atoms with Crippen molar-refractivity contribution in [1.82, 2.24) is 0 Å². The van der Waals surface area contributed by atoms with E-state index < -0.39 is 24.6 Å². The monoisotopic (exact) mass is 616 g/mol. The molecule has 0 bridgehead atoms. The molecular weight excluding hydrogens is 587 g/mol. The van der Waals surface area contributed by atoms with E-state index in [9.17, 15) is 0 Å². The van der Waals surface area contributed by atoms with Crippen LogP contribution < -0.4 is 9.47 Å². The molecule has 2 heterocycles. The van der Waals surface area contributed by atoms with Gasteiger partial charge in [-0.15, -0.1) is 0 Å². The second-order valence-electron chi connectivity index (χ2n) is 8.74. The molecule has 0 aliphatic carbocycles. The van der Waals surface area contributed by atoms with E-state index in [1.165, 1.54) is 0 Å². The Morgan fingerprint density at radius 1 is 0.811 bits per heavy atom. The number of hydrogen-bond donors (Lipinski definition) is 0. The molecule has 0 spiro atoms. The van der Waals surface area contributed by atoms with Gasteiger partial charge in [0.2, 0.25) is 13.1 Å². The third kappa shape index (κ3) is 6.27. The lowest BCUT2D eigenvalue weighted by atomic mass is 10.0. The number of benzene rings is 3. The molecule has 0 radical (unpaired) electrons. The minimum absolute atomic E-state index is 0.219. The van der Waals surface area contributed by atoms with Crippen molar-refractivity contribution in [1.29, 1.82) is 0 Å². The zero-order valence-corrected chi connectivity index (χ0v) is 22.7. The summed E-state index contributed by atoms with van der Waals surface area (Å²) in [5.74, 6) is 1.87. The second-order valence-corrected chi connectivity index (χ2v) is 9.90. The van der Waals surface area contributed by atoms with Crippen molar-refractivity contribution in [2.24, 2.45) is 0 Å². The van der Waals surface area contributed by atoms with Crippen LogP contribution in [-0.4, -0.2) is 38.5 Å². The van der Waals surface area contributed by atoms with E-state index in [1.807, 2.05) is 72.8 Å². The van der Waals surface area contributed by atoms with Crippen LogP contribution in [0.15, 0.2) is 85.1 Å². The zero-order valence-electron chi connectivity index (χ0n) is 20.5. The van der Waals surface area contributed by atoms with E-state index in [-0.39, 0.29) is 6.79 Å². The molecule has 3 aromatic carbocycles. The van der Waals surface area contributed by atoms with Crippen LogP contribution in [0.5, 0.6) is 11.5 Å². The number of fused-ring (bicyclic) bond motifs is 1. The third-order valence-corrected chi connectivity index (χ3v) is 7.24. The molecule has 5 rings (SSSR count). The zero-order chi connectivity index (χ0) is 25.6. The fourth-order valence-corrected chi connectivity index (χ4v) is 4.90. The molecule has 0 amide bonds. The highest BCUT2D eigenvalue weighted by Crippen LogP contribution is 2.37. The first-order chi connectivity index (χ1) is 18.1. The Labute approximate surface area is 230 Å². The molecular formula is C29H29IO7. The molecule has 8 heteroatoms. The van der Waals surface area contributed by atoms with Gasteiger partial charge in [0.15, 0.2) is 11.5 Å². The van der Waals surface area contributed by atoms with Crippen LogP contribution in [0.1, 0.15) is 16.7 Å². The van der Waals surface area contributed by atoms with Crippen LogP contribution in [0.25, 0.3) is 0 Å². The lowest BCUT2D eigenvalue weighted by Gasteiger charge is -2.42. The maximum atomic E-state index is 6.46. The summed E-state index contributed by atoms with van der Waals surface area (Å²) < 4.78 is 43.0. The molecule has 4 atom stereocenters. The number of methoxy groups -OCH3 is 1. The summed E-state index contributed by atoms with van der Waals surface area (Å²) in [6.07, 6.45) is -2.36. The summed E-state index contributed by atoms with van der Waals surface area (Å²) >= 11 is 2.27. The normalized spacial score (nSPS) is 22.6. The summed E-state index contributed by atoms with van der Waals surface area (Å²) in [5, 5.41) is 0. The summed E-state index contributed by atoms with van der Waals surface area (Å²) in [6.45, 7) is 5.41. The molecule has 1 fully saturated rings. The minimum Gasteiger partial charge on any atom is -0.464 e. The van der Waals surface area contributed by atoms with Gasteiger partial charge in [0.05, 0.1) is 19.8 Å². The van der Waals surface area contributed by atoms with E-state index in [0.717, 1.165) is 26.0 Å². The Kier molecular flexibility index (Phi) is 8.62. The lowest BCUT2D eigenvalue weighted by molar-refractivity contribution is -0.270. The molecule has 2 aliphatic heterocycles. The molecule has 0 aromatic heterocycles. The first kappa shape index (κ1) is 26.0. The highest BCUT2D eigenvalue weighted by molar-refractivity contribution is 14.1. The van der Waals surface area contributed by atoms with Gasteiger partial charge in [-0.1, -0.05) is 67.2 Å². The minimum atomic E-state index is -0.692. The molecule has 1 saturated heterocycles. The molecule has 37 heavy (non-hydrogen) atoms. The van der Waals surface area contributed by atoms with Crippen LogP contribution in [0.4, 0.5) is 0 Å². The van der Waals surface area contributed by atoms with Gasteiger partial charge in [0.1, 0.15) is 24.1 Å². The Morgan fingerprint density at radius 2 is 1.41 bits per heavy atom. The van der Waals surface area contributed by atoms with Crippen molar-refractivity contribution in [2.75, 3.05) is 13.9 Å². The molecule has 0 saturated carbocycles. The van der Waals surface area contributed by atoms with Gasteiger partial charge in [-0.05, 0) is 51.4 Å². The predicted molar refractivity (Wildman–Crippen MR) is 145 cm³/mol. The number of halogens is 1. The topological polar surface area (TPSA) is 64.6 Å². The van der Waals surface area contributed by atoms with Crippen LogP contribution in [0.3, 0.4) is 0 Å².